The lowest BCUT2D eigenvalue weighted by molar-refractivity contribution is -0.0845. The summed E-state index contributed by atoms with van der Waals surface area (Å²) in [6, 6.07) is 0. The van der Waals surface area contributed by atoms with Gasteiger partial charge in [0, 0.05) is 0 Å². The van der Waals surface area contributed by atoms with E-state index in [0.29, 0.717) is 11.5 Å². The molecule has 0 N–H and O–H groups in total. The van der Waals surface area contributed by atoms with Crippen LogP contribution in [0.3, 0.4) is 0 Å². The van der Waals surface area contributed by atoms with E-state index in [1.165, 1.54) is 19.3 Å². The predicted octanol–water partition coefficient (Wildman–Crippen LogP) is 4.18. The molecule has 0 amide bonds. The highest BCUT2D eigenvalue weighted by Gasteiger charge is 2.72. The molecule has 0 saturated heterocycles. The summed E-state index contributed by atoms with van der Waals surface area (Å²) in [7, 11) is 0. The summed E-state index contributed by atoms with van der Waals surface area (Å²) < 4.78 is 6.49. The molecule has 0 heterocycles. The molecule has 0 aromatic heterocycles. The standard InChI is InChI=1S/C17H26O/c1-9-6-11-10-7-13(10)17(5)8-12(9)15(14(11)17)18-16(2,3)4/h10-11,13-15H,6-8H2,1-5H3. The predicted molar refractivity (Wildman–Crippen MR) is 73.2 cm³/mol. The molecule has 4 rings (SSSR count). The molecule has 1 heteroatoms. The van der Waals surface area contributed by atoms with Crippen LogP contribution in [0.1, 0.15) is 53.9 Å². The lowest BCUT2D eigenvalue weighted by atomic mass is 9.72. The lowest BCUT2D eigenvalue weighted by Gasteiger charge is -2.39. The van der Waals surface area contributed by atoms with Gasteiger partial charge < -0.3 is 4.74 Å². The van der Waals surface area contributed by atoms with Gasteiger partial charge in [-0.2, -0.15) is 0 Å². The monoisotopic (exact) mass is 246 g/mol. The second kappa shape index (κ2) is 3.06. The van der Waals surface area contributed by atoms with Gasteiger partial charge in [0.2, 0.25) is 0 Å². The van der Waals surface area contributed by atoms with Crippen molar-refractivity contribution in [3.05, 3.63) is 11.1 Å². The van der Waals surface area contributed by atoms with Crippen molar-refractivity contribution in [1.82, 2.24) is 0 Å². The van der Waals surface area contributed by atoms with Crippen LogP contribution >= 0.6 is 0 Å². The van der Waals surface area contributed by atoms with Crippen LogP contribution in [0, 0.1) is 29.1 Å². The Morgan fingerprint density at radius 1 is 1.22 bits per heavy atom. The highest BCUT2D eigenvalue weighted by Crippen LogP contribution is 2.76. The number of hydrogen-bond acceptors (Lipinski definition) is 1. The Kier molecular flexibility index (Phi) is 1.96. The SMILES string of the molecule is CC1=C2CC3(C)C4CC4C(C1)C3C2OC(C)(C)C. The molecule has 0 spiro atoms. The first-order valence-corrected chi connectivity index (χ1v) is 7.67. The van der Waals surface area contributed by atoms with E-state index in [4.69, 9.17) is 4.74 Å². The minimum absolute atomic E-state index is 0.00385. The molecule has 4 aliphatic rings. The zero-order valence-corrected chi connectivity index (χ0v) is 12.4. The Morgan fingerprint density at radius 2 is 1.94 bits per heavy atom. The largest absolute Gasteiger partial charge is 0.368 e. The number of fused-ring (bicyclic) bond motifs is 4. The van der Waals surface area contributed by atoms with Crippen molar-refractivity contribution in [3.63, 3.8) is 0 Å². The van der Waals surface area contributed by atoms with E-state index in [9.17, 15) is 0 Å². The van der Waals surface area contributed by atoms with Gasteiger partial charge in [-0.1, -0.05) is 12.5 Å². The molecule has 6 unspecified atom stereocenters. The fraction of sp³-hybridized carbons (Fsp3) is 0.882. The van der Waals surface area contributed by atoms with Gasteiger partial charge in [-0.25, -0.2) is 0 Å². The minimum Gasteiger partial charge on any atom is -0.368 e. The molecular formula is C17H26O. The molecule has 1 nitrogen and oxygen atoms in total. The summed E-state index contributed by atoms with van der Waals surface area (Å²) in [6.07, 6.45) is 4.67. The van der Waals surface area contributed by atoms with Crippen molar-refractivity contribution >= 4 is 0 Å². The second-order valence-electron chi connectivity index (χ2n) is 8.54. The fourth-order valence-corrected chi connectivity index (χ4v) is 5.68. The molecule has 18 heavy (non-hydrogen) atoms. The maximum absolute atomic E-state index is 6.49. The van der Waals surface area contributed by atoms with Crippen LogP contribution in [-0.2, 0) is 4.74 Å². The molecule has 0 radical (unpaired) electrons. The zero-order chi connectivity index (χ0) is 12.9. The Morgan fingerprint density at radius 3 is 2.61 bits per heavy atom. The van der Waals surface area contributed by atoms with Gasteiger partial charge in [-0.05, 0) is 81.6 Å². The number of ether oxygens (including phenoxy) is 1. The molecule has 6 atom stereocenters. The van der Waals surface area contributed by atoms with Crippen molar-refractivity contribution in [2.24, 2.45) is 29.1 Å². The van der Waals surface area contributed by atoms with Gasteiger partial charge in [-0.3, -0.25) is 0 Å². The van der Waals surface area contributed by atoms with Crippen molar-refractivity contribution in [1.29, 1.82) is 0 Å². The number of hydrogen-bond donors (Lipinski definition) is 0. The van der Waals surface area contributed by atoms with Gasteiger partial charge in [-0.15, -0.1) is 0 Å². The highest BCUT2D eigenvalue weighted by atomic mass is 16.5. The molecule has 0 aliphatic heterocycles. The Balaban J connectivity index is 1.76. The van der Waals surface area contributed by atoms with Crippen LogP contribution in [-0.4, -0.2) is 11.7 Å². The highest BCUT2D eigenvalue weighted by molar-refractivity contribution is 5.37. The fourth-order valence-electron chi connectivity index (χ4n) is 5.68. The second-order valence-corrected chi connectivity index (χ2v) is 8.54. The third-order valence-corrected chi connectivity index (χ3v) is 6.27. The quantitative estimate of drug-likeness (QED) is 0.631. The van der Waals surface area contributed by atoms with Crippen molar-refractivity contribution in [3.8, 4) is 0 Å². The minimum atomic E-state index is -0.00385. The van der Waals surface area contributed by atoms with Gasteiger partial charge in [0.05, 0.1) is 11.7 Å². The van der Waals surface area contributed by atoms with Crippen LogP contribution in [0.2, 0.25) is 0 Å². The van der Waals surface area contributed by atoms with Crippen molar-refractivity contribution in [2.75, 3.05) is 0 Å². The van der Waals surface area contributed by atoms with Gasteiger partial charge in [0.1, 0.15) is 0 Å². The van der Waals surface area contributed by atoms with Crippen LogP contribution in [0.4, 0.5) is 0 Å². The third-order valence-electron chi connectivity index (χ3n) is 6.27. The average molecular weight is 246 g/mol. The first-order valence-electron chi connectivity index (χ1n) is 7.67. The van der Waals surface area contributed by atoms with Crippen molar-refractivity contribution < 1.29 is 4.74 Å². The number of allylic oxidation sites excluding steroid dienone is 1. The summed E-state index contributed by atoms with van der Waals surface area (Å²) in [5, 5.41) is 0. The van der Waals surface area contributed by atoms with E-state index in [2.05, 4.69) is 34.6 Å². The molecule has 0 aromatic carbocycles. The molecule has 3 saturated carbocycles. The molecule has 4 aliphatic carbocycles. The van der Waals surface area contributed by atoms with Crippen LogP contribution in [0.5, 0.6) is 0 Å². The van der Waals surface area contributed by atoms with Crippen LogP contribution in [0.15, 0.2) is 11.1 Å². The Labute approximate surface area is 111 Å². The molecule has 0 aromatic rings. The Hall–Kier alpha value is -0.300. The van der Waals surface area contributed by atoms with E-state index >= 15 is 0 Å². The lowest BCUT2D eigenvalue weighted by Crippen LogP contribution is -2.39. The third kappa shape index (κ3) is 1.27. The first-order chi connectivity index (χ1) is 8.31. The normalized spacial score (nSPS) is 52.8. The van der Waals surface area contributed by atoms with Crippen LogP contribution < -0.4 is 0 Å². The summed E-state index contributed by atoms with van der Waals surface area (Å²) in [5.74, 6) is 3.85. The average Bonchev–Trinajstić information content (AvgIpc) is 2.91. The maximum Gasteiger partial charge on any atom is 0.0831 e. The molecule has 3 fully saturated rings. The zero-order valence-electron chi connectivity index (χ0n) is 12.4. The maximum atomic E-state index is 6.49. The molecular weight excluding hydrogens is 220 g/mol. The van der Waals surface area contributed by atoms with E-state index in [-0.39, 0.29) is 5.60 Å². The Bertz CT molecular complexity index is 441. The smallest absolute Gasteiger partial charge is 0.0831 e. The van der Waals surface area contributed by atoms with Crippen molar-refractivity contribution in [2.45, 2.75) is 65.6 Å². The summed E-state index contributed by atoms with van der Waals surface area (Å²) >= 11 is 0. The summed E-state index contributed by atoms with van der Waals surface area (Å²) in [6.45, 7) is 11.6. The topological polar surface area (TPSA) is 9.23 Å². The van der Waals surface area contributed by atoms with Gasteiger partial charge >= 0.3 is 0 Å². The number of rotatable bonds is 1. The first kappa shape index (κ1) is 11.5. The van der Waals surface area contributed by atoms with E-state index in [1.54, 1.807) is 11.1 Å². The van der Waals surface area contributed by atoms with E-state index in [0.717, 1.165) is 23.7 Å². The molecule has 2 bridgehead atoms. The van der Waals surface area contributed by atoms with Gasteiger partial charge in [0.15, 0.2) is 0 Å². The van der Waals surface area contributed by atoms with Crippen LogP contribution in [0.25, 0.3) is 0 Å². The van der Waals surface area contributed by atoms with E-state index in [1.807, 2.05) is 0 Å². The molecule has 100 valence electrons. The van der Waals surface area contributed by atoms with Gasteiger partial charge in [0.25, 0.3) is 0 Å². The van der Waals surface area contributed by atoms with E-state index < -0.39 is 0 Å². The summed E-state index contributed by atoms with van der Waals surface area (Å²) in [5.41, 5.74) is 3.92. The summed E-state index contributed by atoms with van der Waals surface area (Å²) in [4.78, 5) is 0.